The first-order valence-electron chi connectivity index (χ1n) is 12.1. The van der Waals surface area contributed by atoms with Gasteiger partial charge < -0.3 is 9.88 Å². The fraction of sp³-hybridized carbons (Fsp3) is 0.481. The van der Waals surface area contributed by atoms with E-state index in [1.165, 1.54) is 27.7 Å². The molecule has 3 aromatic rings. The first kappa shape index (κ1) is 21.2. The van der Waals surface area contributed by atoms with Gasteiger partial charge in [-0.05, 0) is 87.9 Å². The molecule has 168 valence electrons. The van der Waals surface area contributed by atoms with Crippen LogP contribution < -0.4 is 0 Å². The maximum atomic E-state index is 13.2. The first-order chi connectivity index (χ1) is 15.6. The van der Waals surface area contributed by atoms with Crippen molar-refractivity contribution in [2.75, 3.05) is 26.2 Å². The zero-order valence-electron chi connectivity index (χ0n) is 19.3. The number of H-pyrrole nitrogens is 1. The summed E-state index contributed by atoms with van der Waals surface area (Å²) in [6, 6.07) is 12.9. The van der Waals surface area contributed by atoms with Crippen molar-refractivity contribution in [1.29, 1.82) is 0 Å². The van der Waals surface area contributed by atoms with Crippen LogP contribution in [0, 0.1) is 19.8 Å². The van der Waals surface area contributed by atoms with Gasteiger partial charge in [-0.25, -0.2) is 0 Å². The largest absolute Gasteiger partial charge is 0.358 e. The Labute approximate surface area is 190 Å². The topological polar surface area (TPSA) is 52.2 Å². The Morgan fingerprint density at radius 1 is 1.03 bits per heavy atom. The molecule has 0 atom stereocenters. The van der Waals surface area contributed by atoms with Crippen LogP contribution >= 0.6 is 0 Å². The second-order valence-corrected chi connectivity index (χ2v) is 9.66. The molecule has 4 heterocycles. The lowest BCUT2D eigenvalue weighted by atomic mass is 9.86. The zero-order valence-corrected chi connectivity index (χ0v) is 19.3. The Hall–Kier alpha value is -2.66. The van der Waals surface area contributed by atoms with Gasteiger partial charge in [-0.15, -0.1) is 0 Å². The van der Waals surface area contributed by atoms with E-state index in [9.17, 15) is 4.79 Å². The Morgan fingerprint density at radius 3 is 2.53 bits per heavy atom. The minimum absolute atomic E-state index is 0.191. The van der Waals surface area contributed by atoms with Gasteiger partial charge in [-0.2, -0.15) is 0 Å². The number of hydrogen-bond donors (Lipinski definition) is 1. The lowest BCUT2D eigenvalue weighted by molar-refractivity contribution is -0.138. The summed E-state index contributed by atoms with van der Waals surface area (Å²) in [5, 5.41) is 1.35. The number of para-hydroxylation sites is 1. The second-order valence-electron chi connectivity index (χ2n) is 9.66. The molecule has 0 radical (unpaired) electrons. The maximum absolute atomic E-state index is 13.2. The quantitative estimate of drug-likeness (QED) is 0.647. The van der Waals surface area contributed by atoms with Crippen LogP contribution in [0.15, 0.2) is 42.6 Å². The number of amides is 1. The summed E-state index contributed by atoms with van der Waals surface area (Å²) < 4.78 is 0. The van der Waals surface area contributed by atoms with E-state index in [0.717, 1.165) is 64.1 Å². The van der Waals surface area contributed by atoms with Gasteiger partial charge in [0, 0.05) is 54.0 Å². The standard InChI is InChI=1S/C27H34N4O/c1-19-17-21(7-12-28-19)18-30-13-8-23(9-14-30)27(32)31-15-10-22(11-16-31)26-20(2)29-25-6-4-3-5-24(25)26/h3-7,12,17,22-23,29H,8-11,13-16,18H2,1-2H3. The summed E-state index contributed by atoms with van der Waals surface area (Å²) in [6.45, 7) is 8.97. The number of aryl methyl sites for hydroxylation is 2. The normalized spacial score (nSPS) is 19.0. The highest BCUT2D eigenvalue weighted by atomic mass is 16.2. The number of likely N-dealkylation sites (tertiary alicyclic amines) is 2. The number of benzene rings is 1. The van der Waals surface area contributed by atoms with Crippen LogP contribution in [-0.4, -0.2) is 51.9 Å². The van der Waals surface area contributed by atoms with Crippen LogP contribution in [0.2, 0.25) is 0 Å². The summed E-state index contributed by atoms with van der Waals surface area (Å²) in [6.07, 6.45) is 5.97. The van der Waals surface area contributed by atoms with E-state index in [1.54, 1.807) is 0 Å². The Balaban J connectivity index is 1.14. The Bertz CT molecular complexity index is 1090. The number of rotatable bonds is 4. The van der Waals surface area contributed by atoms with Gasteiger partial charge in [0.2, 0.25) is 5.91 Å². The SMILES string of the molecule is Cc1cc(CN2CCC(C(=O)N3CCC(c4c(C)[nH]c5ccccc45)CC3)CC2)ccn1. The molecule has 2 aliphatic rings. The van der Waals surface area contributed by atoms with Crippen LogP contribution in [-0.2, 0) is 11.3 Å². The molecule has 5 rings (SSSR count). The number of hydrogen-bond acceptors (Lipinski definition) is 3. The predicted octanol–water partition coefficient (Wildman–Crippen LogP) is 4.80. The highest BCUT2D eigenvalue weighted by molar-refractivity contribution is 5.85. The summed E-state index contributed by atoms with van der Waals surface area (Å²) in [7, 11) is 0. The number of nitrogens with one attached hydrogen (secondary N) is 1. The molecule has 5 nitrogen and oxygen atoms in total. The van der Waals surface area contributed by atoms with E-state index < -0.39 is 0 Å². The number of aromatic amines is 1. The monoisotopic (exact) mass is 430 g/mol. The van der Waals surface area contributed by atoms with Crippen LogP contribution in [0.5, 0.6) is 0 Å². The molecule has 2 saturated heterocycles. The molecule has 0 bridgehead atoms. The third kappa shape index (κ3) is 4.31. The highest BCUT2D eigenvalue weighted by Gasteiger charge is 2.32. The summed E-state index contributed by atoms with van der Waals surface area (Å²) >= 11 is 0. The van der Waals surface area contributed by atoms with Crippen molar-refractivity contribution >= 4 is 16.8 Å². The van der Waals surface area contributed by atoms with Crippen LogP contribution in [0.25, 0.3) is 10.9 Å². The first-order valence-corrected chi connectivity index (χ1v) is 12.1. The van der Waals surface area contributed by atoms with E-state index >= 15 is 0 Å². The summed E-state index contributed by atoms with van der Waals surface area (Å²) in [5.74, 6) is 1.12. The predicted molar refractivity (Wildman–Crippen MR) is 129 cm³/mol. The number of carbonyl (C=O) groups excluding carboxylic acids is 1. The average Bonchev–Trinajstić information content (AvgIpc) is 3.15. The lowest BCUT2D eigenvalue weighted by Gasteiger charge is -2.37. The average molecular weight is 431 g/mol. The minimum Gasteiger partial charge on any atom is -0.358 e. The second kappa shape index (κ2) is 9.07. The number of piperidine rings is 2. The molecule has 2 aliphatic heterocycles. The van der Waals surface area contributed by atoms with Crippen molar-refractivity contribution in [1.82, 2.24) is 19.8 Å². The van der Waals surface area contributed by atoms with Gasteiger partial charge in [0.1, 0.15) is 0 Å². The molecule has 5 heteroatoms. The number of nitrogens with zero attached hydrogens (tertiary/aromatic N) is 3. The molecule has 2 aromatic heterocycles. The third-order valence-corrected chi connectivity index (χ3v) is 7.46. The Kier molecular flexibility index (Phi) is 6.01. The summed E-state index contributed by atoms with van der Waals surface area (Å²) in [5.41, 5.74) is 6.36. The molecule has 32 heavy (non-hydrogen) atoms. The van der Waals surface area contributed by atoms with E-state index in [-0.39, 0.29) is 5.92 Å². The van der Waals surface area contributed by atoms with Crippen molar-refractivity contribution in [3.05, 3.63) is 65.1 Å². The summed E-state index contributed by atoms with van der Waals surface area (Å²) in [4.78, 5) is 25.7. The van der Waals surface area contributed by atoms with Gasteiger partial charge in [0.25, 0.3) is 0 Å². The van der Waals surface area contributed by atoms with Crippen molar-refractivity contribution in [3.8, 4) is 0 Å². The molecule has 1 aromatic carbocycles. The fourth-order valence-corrected chi connectivity index (χ4v) is 5.77. The number of fused-ring (bicyclic) bond motifs is 1. The molecule has 0 unspecified atom stereocenters. The van der Waals surface area contributed by atoms with Crippen LogP contribution in [0.4, 0.5) is 0 Å². The molecule has 0 saturated carbocycles. The highest BCUT2D eigenvalue weighted by Crippen LogP contribution is 2.36. The van der Waals surface area contributed by atoms with Crippen molar-refractivity contribution in [2.24, 2.45) is 5.92 Å². The lowest BCUT2D eigenvalue weighted by Crippen LogP contribution is -2.45. The molecular weight excluding hydrogens is 396 g/mol. The third-order valence-electron chi connectivity index (χ3n) is 7.46. The van der Waals surface area contributed by atoms with Gasteiger partial charge in [-0.3, -0.25) is 14.7 Å². The van der Waals surface area contributed by atoms with Crippen molar-refractivity contribution in [3.63, 3.8) is 0 Å². The molecular formula is C27H34N4O. The maximum Gasteiger partial charge on any atom is 0.225 e. The Morgan fingerprint density at radius 2 is 1.78 bits per heavy atom. The van der Waals surface area contributed by atoms with E-state index in [0.29, 0.717) is 11.8 Å². The molecule has 1 N–H and O–H groups in total. The smallest absolute Gasteiger partial charge is 0.225 e. The van der Waals surface area contributed by atoms with Crippen molar-refractivity contribution < 1.29 is 4.79 Å². The number of pyridine rings is 1. The van der Waals surface area contributed by atoms with Crippen LogP contribution in [0.1, 0.15) is 54.1 Å². The minimum atomic E-state index is 0.191. The zero-order chi connectivity index (χ0) is 22.1. The van der Waals surface area contributed by atoms with Gasteiger partial charge in [-0.1, -0.05) is 18.2 Å². The van der Waals surface area contributed by atoms with Gasteiger partial charge >= 0.3 is 0 Å². The van der Waals surface area contributed by atoms with E-state index in [2.05, 4.69) is 63.1 Å². The molecule has 0 spiro atoms. The molecule has 2 fully saturated rings. The van der Waals surface area contributed by atoms with E-state index in [4.69, 9.17) is 0 Å². The van der Waals surface area contributed by atoms with Crippen molar-refractivity contribution in [2.45, 2.75) is 52.0 Å². The van der Waals surface area contributed by atoms with Gasteiger partial charge in [0.05, 0.1) is 0 Å². The fourth-order valence-electron chi connectivity index (χ4n) is 5.77. The number of carbonyl (C=O) groups is 1. The number of aromatic nitrogens is 2. The molecule has 1 amide bonds. The van der Waals surface area contributed by atoms with Gasteiger partial charge in [0.15, 0.2) is 0 Å². The van der Waals surface area contributed by atoms with Crippen LogP contribution in [0.3, 0.4) is 0 Å². The van der Waals surface area contributed by atoms with E-state index in [1.807, 2.05) is 13.1 Å². The molecule has 0 aliphatic carbocycles.